The lowest BCUT2D eigenvalue weighted by Crippen LogP contribution is -1.96. The van der Waals surface area contributed by atoms with Gasteiger partial charge in [-0.1, -0.05) is 61.9 Å². The number of hydrogen-bond donors (Lipinski definition) is 0. The SMILES string of the molecule is CC.CC1=CCC=CC(c2ccccc2C)=C1C1CC1. The van der Waals surface area contributed by atoms with Crippen molar-refractivity contribution in [3.63, 3.8) is 0 Å². The van der Waals surface area contributed by atoms with Gasteiger partial charge in [0.1, 0.15) is 0 Å². The molecule has 0 radical (unpaired) electrons. The summed E-state index contributed by atoms with van der Waals surface area (Å²) in [6.45, 7) is 8.49. The fraction of sp³-hybridized carbons (Fsp3) is 0.400. The second kappa shape index (κ2) is 6.74. The van der Waals surface area contributed by atoms with Gasteiger partial charge in [-0.3, -0.25) is 0 Å². The van der Waals surface area contributed by atoms with Gasteiger partial charge in [-0.05, 0) is 61.3 Å². The Morgan fingerprint density at radius 3 is 2.35 bits per heavy atom. The van der Waals surface area contributed by atoms with Gasteiger partial charge < -0.3 is 0 Å². The molecule has 1 fully saturated rings. The minimum atomic E-state index is 0.804. The lowest BCUT2D eigenvalue weighted by Gasteiger charge is -2.14. The van der Waals surface area contributed by atoms with Gasteiger partial charge in [0.25, 0.3) is 0 Å². The minimum Gasteiger partial charge on any atom is -0.0801 e. The zero-order valence-corrected chi connectivity index (χ0v) is 13.2. The summed E-state index contributed by atoms with van der Waals surface area (Å²) in [4.78, 5) is 0. The van der Waals surface area contributed by atoms with Crippen LogP contribution in [-0.4, -0.2) is 0 Å². The fourth-order valence-electron chi connectivity index (χ4n) is 2.87. The lowest BCUT2D eigenvalue weighted by molar-refractivity contribution is 1.02. The molecule has 2 aliphatic carbocycles. The first kappa shape index (κ1) is 14.8. The molecule has 1 aromatic rings. The molecule has 1 aromatic carbocycles. The summed E-state index contributed by atoms with van der Waals surface area (Å²) in [6, 6.07) is 8.75. The molecule has 0 nitrogen and oxygen atoms in total. The van der Waals surface area contributed by atoms with Gasteiger partial charge in [-0.15, -0.1) is 0 Å². The Hall–Kier alpha value is -1.56. The van der Waals surface area contributed by atoms with Crippen molar-refractivity contribution in [2.45, 2.75) is 47.0 Å². The van der Waals surface area contributed by atoms with Crippen LogP contribution in [0, 0.1) is 12.8 Å². The summed E-state index contributed by atoms with van der Waals surface area (Å²) in [5.74, 6) is 0.804. The molecular weight excluding hydrogens is 240 g/mol. The second-order valence-corrected chi connectivity index (χ2v) is 5.44. The lowest BCUT2D eigenvalue weighted by atomic mass is 9.90. The average Bonchev–Trinajstić information content (AvgIpc) is 3.29. The highest BCUT2D eigenvalue weighted by Crippen LogP contribution is 2.45. The number of aryl methyl sites for hydroxylation is 1. The van der Waals surface area contributed by atoms with Crippen LogP contribution in [0.5, 0.6) is 0 Å². The number of allylic oxidation sites excluding steroid dienone is 6. The van der Waals surface area contributed by atoms with E-state index in [0.29, 0.717) is 0 Å². The van der Waals surface area contributed by atoms with Crippen molar-refractivity contribution in [1.82, 2.24) is 0 Å². The molecule has 106 valence electrons. The van der Waals surface area contributed by atoms with Crippen molar-refractivity contribution in [3.05, 3.63) is 64.8 Å². The van der Waals surface area contributed by atoms with Crippen LogP contribution in [0.4, 0.5) is 0 Å². The summed E-state index contributed by atoms with van der Waals surface area (Å²) in [6.07, 6.45) is 10.8. The highest BCUT2D eigenvalue weighted by atomic mass is 14.3. The third-order valence-electron chi connectivity index (χ3n) is 3.98. The topological polar surface area (TPSA) is 0 Å². The van der Waals surface area contributed by atoms with E-state index in [4.69, 9.17) is 0 Å². The van der Waals surface area contributed by atoms with Crippen LogP contribution in [0.25, 0.3) is 5.57 Å². The first-order chi connectivity index (χ1) is 9.77. The van der Waals surface area contributed by atoms with Crippen molar-refractivity contribution in [2.75, 3.05) is 0 Å². The predicted octanol–water partition coefficient (Wildman–Crippen LogP) is 6.09. The minimum absolute atomic E-state index is 0.804. The van der Waals surface area contributed by atoms with Crippen molar-refractivity contribution < 1.29 is 0 Å². The molecular formula is C20H26. The van der Waals surface area contributed by atoms with E-state index >= 15 is 0 Å². The van der Waals surface area contributed by atoms with E-state index in [2.05, 4.69) is 56.3 Å². The smallest absolute Gasteiger partial charge is 0.0147 e. The van der Waals surface area contributed by atoms with Crippen molar-refractivity contribution >= 4 is 5.57 Å². The van der Waals surface area contributed by atoms with E-state index in [1.54, 1.807) is 5.57 Å². The summed E-state index contributed by atoms with van der Waals surface area (Å²) < 4.78 is 0. The Morgan fingerprint density at radius 2 is 1.70 bits per heavy atom. The Bertz CT molecular complexity index is 551. The first-order valence-electron chi connectivity index (χ1n) is 7.91. The van der Waals surface area contributed by atoms with Crippen molar-refractivity contribution in [1.29, 1.82) is 0 Å². The number of benzene rings is 1. The molecule has 0 aliphatic heterocycles. The van der Waals surface area contributed by atoms with E-state index in [1.807, 2.05) is 13.8 Å². The van der Waals surface area contributed by atoms with Crippen LogP contribution in [0.2, 0.25) is 0 Å². The summed E-state index contributed by atoms with van der Waals surface area (Å²) in [7, 11) is 0. The summed E-state index contributed by atoms with van der Waals surface area (Å²) in [5, 5.41) is 0. The molecule has 0 spiro atoms. The predicted molar refractivity (Wildman–Crippen MR) is 89.7 cm³/mol. The maximum Gasteiger partial charge on any atom is -0.0147 e. The van der Waals surface area contributed by atoms with E-state index in [1.165, 1.54) is 35.1 Å². The molecule has 0 aromatic heterocycles. The maximum absolute atomic E-state index is 2.37. The molecule has 0 heteroatoms. The number of rotatable bonds is 2. The van der Waals surface area contributed by atoms with Gasteiger partial charge in [0, 0.05) is 0 Å². The van der Waals surface area contributed by atoms with Crippen LogP contribution in [0.1, 0.15) is 51.2 Å². The fourth-order valence-corrected chi connectivity index (χ4v) is 2.87. The molecule has 0 saturated heterocycles. The zero-order valence-electron chi connectivity index (χ0n) is 13.2. The highest BCUT2D eigenvalue weighted by Gasteiger charge is 2.29. The van der Waals surface area contributed by atoms with Crippen molar-refractivity contribution in [2.24, 2.45) is 5.92 Å². The molecule has 0 bridgehead atoms. The third-order valence-corrected chi connectivity index (χ3v) is 3.98. The van der Waals surface area contributed by atoms with Gasteiger partial charge >= 0.3 is 0 Å². The van der Waals surface area contributed by atoms with Gasteiger partial charge in [0.15, 0.2) is 0 Å². The molecule has 0 amide bonds. The molecule has 0 N–H and O–H groups in total. The summed E-state index contributed by atoms with van der Waals surface area (Å²) >= 11 is 0. The normalized spacial score (nSPS) is 18.1. The van der Waals surface area contributed by atoms with Crippen LogP contribution in [0.15, 0.2) is 53.6 Å². The molecule has 0 unspecified atom stereocenters. The maximum atomic E-state index is 2.37. The molecule has 0 atom stereocenters. The van der Waals surface area contributed by atoms with E-state index < -0.39 is 0 Å². The van der Waals surface area contributed by atoms with Gasteiger partial charge in [0.2, 0.25) is 0 Å². The monoisotopic (exact) mass is 266 g/mol. The van der Waals surface area contributed by atoms with Gasteiger partial charge in [-0.2, -0.15) is 0 Å². The standard InChI is InChI=1S/C18H20.C2H6/c1-13-7-3-5-9-16(13)17-10-6-4-8-14(2)18(17)15-11-12-15;1-2/h3,5-10,15H,4,11-12H2,1-2H3;1-2H3. The highest BCUT2D eigenvalue weighted by molar-refractivity contribution is 5.82. The average molecular weight is 266 g/mol. The molecule has 3 rings (SSSR count). The second-order valence-electron chi connectivity index (χ2n) is 5.44. The van der Waals surface area contributed by atoms with Gasteiger partial charge in [-0.25, -0.2) is 0 Å². The molecule has 2 aliphatic rings. The molecule has 0 heterocycles. The largest absolute Gasteiger partial charge is 0.0801 e. The Morgan fingerprint density at radius 1 is 1.00 bits per heavy atom. The van der Waals surface area contributed by atoms with Crippen LogP contribution in [0.3, 0.4) is 0 Å². The number of hydrogen-bond acceptors (Lipinski definition) is 0. The first-order valence-corrected chi connectivity index (χ1v) is 7.91. The Kier molecular flexibility index (Phi) is 5.00. The Labute approximate surface area is 123 Å². The molecule has 20 heavy (non-hydrogen) atoms. The quantitative estimate of drug-likeness (QED) is 0.607. The van der Waals surface area contributed by atoms with Crippen LogP contribution < -0.4 is 0 Å². The molecule has 1 saturated carbocycles. The van der Waals surface area contributed by atoms with Crippen LogP contribution >= 0.6 is 0 Å². The Balaban J connectivity index is 0.000000704. The van der Waals surface area contributed by atoms with Crippen LogP contribution in [-0.2, 0) is 0 Å². The van der Waals surface area contributed by atoms with E-state index in [-0.39, 0.29) is 0 Å². The van der Waals surface area contributed by atoms with E-state index in [9.17, 15) is 0 Å². The van der Waals surface area contributed by atoms with Crippen molar-refractivity contribution in [3.8, 4) is 0 Å². The zero-order chi connectivity index (χ0) is 14.5. The van der Waals surface area contributed by atoms with E-state index in [0.717, 1.165) is 12.3 Å². The van der Waals surface area contributed by atoms with Gasteiger partial charge in [0.05, 0.1) is 0 Å². The summed E-state index contributed by atoms with van der Waals surface area (Å²) in [5.41, 5.74) is 7.33. The third kappa shape index (κ3) is 3.12.